The molecule has 2 aromatic rings. The van der Waals surface area contributed by atoms with Crippen molar-refractivity contribution in [3.63, 3.8) is 0 Å². The normalized spacial score (nSPS) is 19.0. The SMILES string of the molecule is COC1CN(C(=O)OC(C)(C)C)CC1NC(=O)c1cnc2c(c1)c(=O)n(C)c(=O)n2C. The molecule has 0 spiro atoms. The summed E-state index contributed by atoms with van der Waals surface area (Å²) in [5.41, 5.74) is -1.32. The van der Waals surface area contributed by atoms with Crippen LogP contribution in [0.2, 0.25) is 0 Å². The summed E-state index contributed by atoms with van der Waals surface area (Å²) in [5.74, 6) is -0.469. The number of carbonyl (C=O) groups is 2. The molecule has 31 heavy (non-hydrogen) atoms. The number of hydrogen-bond donors (Lipinski definition) is 1. The summed E-state index contributed by atoms with van der Waals surface area (Å²) in [6.45, 7) is 5.83. The number of aromatic nitrogens is 3. The van der Waals surface area contributed by atoms with E-state index in [-0.39, 0.29) is 29.7 Å². The van der Waals surface area contributed by atoms with Gasteiger partial charge in [0.15, 0.2) is 0 Å². The van der Waals surface area contributed by atoms with Crippen LogP contribution in [0.15, 0.2) is 21.9 Å². The Morgan fingerprint density at radius 1 is 1.16 bits per heavy atom. The second-order valence-electron chi connectivity index (χ2n) is 8.54. The highest BCUT2D eigenvalue weighted by Crippen LogP contribution is 2.18. The van der Waals surface area contributed by atoms with Gasteiger partial charge in [0.1, 0.15) is 11.2 Å². The first kappa shape index (κ1) is 22.5. The molecule has 1 saturated heterocycles. The van der Waals surface area contributed by atoms with Gasteiger partial charge in [0.25, 0.3) is 11.5 Å². The molecule has 1 N–H and O–H groups in total. The molecular formula is C20H27N5O6. The van der Waals surface area contributed by atoms with Gasteiger partial charge >= 0.3 is 11.8 Å². The number of nitrogens with zero attached hydrogens (tertiary/aromatic N) is 4. The van der Waals surface area contributed by atoms with Crippen LogP contribution in [0.5, 0.6) is 0 Å². The van der Waals surface area contributed by atoms with Gasteiger partial charge in [-0.05, 0) is 26.8 Å². The van der Waals surface area contributed by atoms with Crippen molar-refractivity contribution in [3.8, 4) is 0 Å². The van der Waals surface area contributed by atoms with Crippen molar-refractivity contribution >= 4 is 23.0 Å². The standard InChI is InChI=1S/C20H27N5O6/c1-20(2,3)31-19(29)25-9-13(14(10-25)30-6)22-16(26)11-7-12-15(21-8-11)23(4)18(28)24(5)17(12)27/h7-8,13-14H,9-10H2,1-6H3,(H,22,26). The van der Waals surface area contributed by atoms with Gasteiger partial charge in [0.05, 0.1) is 29.6 Å². The number of hydrogen-bond acceptors (Lipinski definition) is 7. The minimum atomic E-state index is -0.635. The number of carbonyl (C=O) groups excluding carboxylic acids is 2. The van der Waals surface area contributed by atoms with Crippen molar-refractivity contribution in [2.45, 2.75) is 38.5 Å². The maximum Gasteiger partial charge on any atom is 0.410 e. The summed E-state index contributed by atoms with van der Waals surface area (Å²) in [7, 11) is 4.37. The molecule has 168 valence electrons. The third kappa shape index (κ3) is 4.46. The van der Waals surface area contributed by atoms with Crippen LogP contribution in [-0.2, 0) is 23.6 Å². The van der Waals surface area contributed by atoms with Gasteiger partial charge in [-0.15, -0.1) is 0 Å². The Bertz CT molecular complexity index is 1150. The van der Waals surface area contributed by atoms with Crippen molar-refractivity contribution in [3.05, 3.63) is 38.7 Å². The lowest BCUT2D eigenvalue weighted by molar-refractivity contribution is 0.0252. The third-order valence-electron chi connectivity index (χ3n) is 5.09. The smallest absolute Gasteiger partial charge is 0.410 e. The minimum absolute atomic E-state index is 0.155. The van der Waals surface area contributed by atoms with Crippen LogP contribution in [0.4, 0.5) is 4.79 Å². The molecule has 2 amide bonds. The quantitative estimate of drug-likeness (QED) is 0.722. The van der Waals surface area contributed by atoms with E-state index in [1.165, 1.54) is 42.9 Å². The van der Waals surface area contributed by atoms with Gasteiger partial charge in [-0.3, -0.25) is 18.7 Å². The van der Waals surface area contributed by atoms with Gasteiger partial charge < -0.3 is 19.7 Å². The van der Waals surface area contributed by atoms with Crippen LogP contribution in [0.3, 0.4) is 0 Å². The number of pyridine rings is 1. The average molecular weight is 433 g/mol. The van der Waals surface area contributed by atoms with E-state index in [0.29, 0.717) is 0 Å². The Morgan fingerprint density at radius 3 is 2.45 bits per heavy atom. The maximum absolute atomic E-state index is 12.8. The largest absolute Gasteiger partial charge is 0.444 e. The fraction of sp³-hybridized carbons (Fsp3) is 0.550. The van der Waals surface area contributed by atoms with Crippen molar-refractivity contribution in [1.29, 1.82) is 0 Å². The molecule has 1 aliphatic rings. The molecule has 2 aromatic heterocycles. The average Bonchev–Trinajstić information content (AvgIpc) is 3.12. The summed E-state index contributed by atoms with van der Waals surface area (Å²) >= 11 is 0. The number of rotatable bonds is 3. The summed E-state index contributed by atoms with van der Waals surface area (Å²) < 4.78 is 13.0. The summed E-state index contributed by atoms with van der Waals surface area (Å²) in [5, 5.41) is 2.99. The van der Waals surface area contributed by atoms with E-state index in [4.69, 9.17) is 9.47 Å². The minimum Gasteiger partial charge on any atom is -0.444 e. The summed E-state index contributed by atoms with van der Waals surface area (Å²) in [4.78, 5) is 55.3. The lowest BCUT2D eigenvalue weighted by Crippen LogP contribution is -2.44. The topological polar surface area (TPSA) is 125 Å². The number of methoxy groups -OCH3 is 1. The van der Waals surface area contributed by atoms with Crippen LogP contribution < -0.4 is 16.6 Å². The molecule has 0 aliphatic carbocycles. The molecule has 1 fully saturated rings. The highest BCUT2D eigenvalue weighted by molar-refractivity contribution is 5.97. The lowest BCUT2D eigenvalue weighted by atomic mass is 10.1. The van der Waals surface area contributed by atoms with E-state index >= 15 is 0 Å². The number of nitrogens with one attached hydrogen (secondary N) is 1. The van der Waals surface area contributed by atoms with E-state index in [1.54, 1.807) is 20.8 Å². The molecular weight excluding hydrogens is 406 g/mol. The van der Waals surface area contributed by atoms with Gasteiger partial charge in [0.2, 0.25) is 0 Å². The molecule has 11 heteroatoms. The molecule has 0 radical (unpaired) electrons. The Labute approximate surface area is 178 Å². The van der Waals surface area contributed by atoms with Gasteiger partial charge in [-0.2, -0.15) is 0 Å². The number of likely N-dealkylation sites (tertiary alicyclic amines) is 1. The molecule has 0 aromatic carbocycles. The first-order chi connectivity index (χ1) is 14.4. The third-order valence-corrected chi connectivity index (χ3v) is 5.09. The molecule has 1 aliphatic heterocycles. The zero-order valence-corrected chi connectivity index (χ0v) is 18.5. The van der Waals surface area contributed by atoms with Gasteiger partial charge in [0, 0.05) is 33.9 Å². The first-order valence-electron chi connectivity index (χ1n) is 9.80. The van der Waals surface area contributed by atoms with E-state index < -0.39 is 41.0 Å². The Balaban J connectivity index is 1.82. The fourth-order valence-corrected chi connectivity index (χ4v) is 3.47. The Morgan fingerprint density at radius 2 is 1.84 bits per heavy atom. The molecule has 11 nitrogen and oxygen atoms in total. The van der Waals surface area contributed by atoms with E-state index in [2.05, 4.69) is 10.3 Å². The highest BCUT2D eigenvalue weighted by atomic mass is 16.6. The van der Waals surface area contributed by atoms with Gasteiger partial charge in [-0.25, -0.2) is 14.6 Å². The fourth-order valence-electron chi connectivity index (χ4n) is 3.47. The predicted octanol–water partition coefficient (Wildman–Crippen LogP) is -0.00370. The number of aryl methyl sites for hydroxylation is 1. The second kappa shape index (κ2) is 8.14. The van der Waals surface area contributed by atoms with E-state index in [1.807, 2.05) is 0 Å². The van der Waals surface area contributed by atoms with Crippen LogP contribution in [0.25, 0.3) is 11.0 Å². The molecule has 2 atom stereocenters. The monoisotopic (exact) mass is 433 g/mol. The van der Waals surface area contributed by atoms with Crippen molar-refractivity contribution in [2.75, 3.05) is 20.2 Å². The van der Waals surface area contributed by atoms with Crippen molar-refractivity contribution in [1.82, 2.24) is 24.3 Å². The van der Waals surface area contributed by atoms with Crippen molar-refractivity contribution in [2.24, 2.45) is 14.1 Å². The van der Waals surface area contributed by atoms with Gasteiger partial charge in [-0.1, -0.05) is 0 Å². The van der Waals surface area contributed by atoms with Crippen molar-refractivity contribution < 1.29 is 19.1 Å². The second-order valence-corrected chi connectivity index (χ2v) is 8.54. The molecule has 0 bridgehead atoms. The van der Waals surface area contributed by atoms with E-state index in [0.717, 1.165) is 4.57 Å². The van der Waals surface area contributed by atoms with Crippen LogP contribution >= 0.6 is 0 Å². The Kier molecular flexibility index (Phi) is 5.90. The van der Waals surface area contributed by atoms with Crippen LogP contribution in [0, 0.1) is 0 Å². The summed E-state index contributed by atoms with van der Waals surface area (Å²) in [6.07, 6.45) is 0.403. The highest BCUT2D eigenvalue weighted by Gasteiger charge is 2.38. The lowest BCUT2D eigenvalue weighted by Gasteiger charge is -2.24. The number of ether oxygens (including phenoxy) is 2. The number of amides is 2. The molecule has 0 saturated carbocycles. The zero-order valence-electron chi connectivity index (χ0n) is 18.5. The molecule has 2 unspecified atom stereocenters. The van der Waals surface area contributed by atoms with Crippen LogP contribution in [-0.4, -0.2) is 69.0 Å². The number of fused-ring (bicyclic) bond motifs is 1. The van der Waals surface area contributed by atoms with E-state index in [9.17, 15) is 19.2 Å². The molecule has 3 heterocycles. The summed E-state index contributed by atoms with van der Waals surface area (Å²) in [6, 6.07) is 0.936. The predicted molar refractivity (Wildman–Crippen MR) is 112 cm³/mol. The zero-order chi connectivity index (χ0) is 23.1. The molecule has 3 rings (SSSR count). The Hall–Kier alpha value is -3.21. The maximum atomic E-state index is 12.8. The van der Waals surface area contributed by atoms with Crippen LogP contribution in [0.1, 0.15) is 31.1 Å². The first-order valence-corrected chi connectivity index (χ1v) is 9.80.